The Balaban J connectivity index is 2.08. The van der Waals surface area contributed by atoms with Gasteiger partial charge in [-0.1, -0.05) is 5.16 Å². The molecular formula is C8H7N3O2. The van der Waals surface area contributed by atoms with Crippen LogP contribution in [0.2, 0.25) is 0 Å². The second kappa shape index (κ2) is 3.14. The summed E-state index contributed by atoms with van der Waals surface area (Å²) in [6.07, 6.45) is 6.10. The van der Waals surface area contributed by atoms with Gasteiger partial charge in [0.25, 0.3) is 5.91 Å². The number of carbonyl (C=O) groups is 1. The molecule has 0 unspecified atom stereocenters. The number of hydrogen-bond donors (Lipinski definition) is 2. The molecule has 2 heterocycles. The molecule has 0 bridgehead atoms. The zero-order chi connectivity index (χ0) is 9.10. The van der Waals surface area contributed by atoms with Crippen molar-refractivity contribution < 1.29 is 9.32 Å². The molecule has 5 nitrogen and oxygen atoms in total. The molecule has 2 aromatic heterocycles. The minimum Gasteiger partial charge on any atom is -0.367 e. The summed E-state index contributed by atoms with van der Waals surface area (Å²) >= 11 is 0. The Bertz CT molecular complexity index is 377. The number of aromatic nitrogens is 2. The fourth-order valence-corrected chi connectivity index (χ4v) is 0.935. The number of H-pyrrole nitrogens is 1. The highest BCUT2D eigenvalue weighted by atomic mass is 16.5. The van der Waals surface area contributed by atoms with E-state index in [4.69, 9.17) is 0 Å². The van der Waals surface area contributed by atoms with Crippen molar-refractivity contribution in [2.24, 2.45) is 0 Å². The molecule has 0 atom stereocenters. The molecule has 2 rings (SSSR count). The third kappa shape index (κ3) is 1.58. The second-order valence-corrected chi connectivity index (χ2v) is 2.47. The molecule has 0 saturated heterocycles. The van der Waals surface area contributed by atoms with E-state index in [9.17, 15) is 4.79 Å². The van der Waals surface area contributed by atoms with E-state index in [1.807, 2.05) is 0 Å². The highest BCUT2D eigenvalue weighted by Gasteiger charge is 2.06. The number of amides is 1. The first-order valence-corrected chi connectivity index (χ1v) is 3.70. The van der Waals surface area contributed by atoms with E-state index in [1.54, 1.807) is 18.5 Å². The van der Waals surface area contributed by atoms with Gasteiger partial charge in [0.15, 0.2) is 0 Å². The lowest BCUT2D eigenvalue weighted by atomic mass is 10.3. The van der Waals surface area contributed by atoms with E-state index in [0.717, 1.165) is 0 Å². The maximum atomic E-state index is 11.4. The maximum Gasteiger partial charge on any atom is 0.257 e. The molecule has 0 aliphatic rings. The van der Waals surface area contributed by atoms with Crippen LogP contribution in [0.4, 0.5) is 5.69 Å². The Hall–Kier alpha value is -2.04. The topological polar surface area (TPSA) is 70.9 Å². The van der Waals surface area contributed by atoms with Gasteiger partial charge in [0.1, 0.15) is 12.0 Å². The van der Waals surface area contributed by atoms with Crippen molar-refractivity contribution in [1.29, 1.82) is 0 Å². The van der Waals surface area contributed by atoms with Crippen LogP contribution in [-0.4, -0.2) is 16.0 Å². The quantitative estimate of drug-likeness (QED) is 0.725. The summed E-state index contributed by atoms with van der Waals surface area (Å²) in [5.41, 5.74) is 1.12. The number of rotatable bonds is 2. The smallest absolute Gasteiger partial charge is 0.257 e. The van der Waals surface area contributed by atoms with Gasteiger partial charge in [0, 0.05) is 12.4 Å². The molecule has 2 aromatic rings. The molecule has 0 spiro atoms. The Morgan fingerprint density at radius 3 is 3.15 bits per heavy atom. The zero-order valence-corrected chi connectivity index (χ0v) is 6.65. The van der Waals surface area contributed by atoms with Crippen molar-refractivity contribution in [2.45, 2.75) is 0 Å². The van der Waals surface area contributed by atoms with Crippen molar-refractivity contribution >= 4 is 11.6 Å². The third-order valence-corrected chi connectivity index (χ3v) is 1.55. The van der Waals surface area contributed by atoms with Crippen LogP contribution in [0.1, 0.15) is 10.4 Å². The van der Waals surface area contributed by atoms with Gasteiger partial charge in [-0.25, -0.2) is 0 Å². The summed E-state index contributed by atoms with van der Waals surface area (Å²) in [5.74, 6) is -0.190. The molecule has 0 fully saturated rings. The minimum atomic E-state index is -0.190. The molecular weight excluding hydrogens is 170 g/mol. The van der Waals surface area contributed by atoms with Gasteiger partial charge in [0.2, 0.25) is 0 Å². The minimum absolute atomic E-state index is 0.190. The van der Waals surface area contributed by atoms with Gasteiger partial charge in [-0.2, -0.15) is 0 Å². The molecule has 13 heavy (non-hydrogen) atoms. The van der Waals surface area contributed by atoms with Crippen LogP contribution in [0.25, 0.3) is 0 Å². The predicted molar refractivity (Wildman–Crippen MR) is 45.2 cm³/mol. The summed E-state index contributed by atoms with van der Waals surface area (Å²) in [6.45, 7) is 0. The summed E-state index contributed by atoms with van der Waals surface area (Å²) in [5, 5.41) is 6.07. The Labute approximate surface area is 73.7 Å². The van der Waals surface area contributed by atoms with E-state index in [1.165, 1.54) is 12.5 Å². The van der Waals surface area contributed by atoms with Crippen molar-refractivity contribution in [1.82, 2.24) is 10.1 Å². The number of nitrogens with zero attached hydrogens (tertiary/aromatic N) is 1. The fraction of sp³-hybridized carbons (Fsp3) is 0. The molecule has 2 N–H and O–H groups in total. The van der Waals surface area contributed by atoms with Crippen molar-refractivity contribution in [3.63, 3.8) is 0 Å². The maximum absolute atomic E-state index is 11.4. The standard InChI is InChI=1S/C8H7N3O2/c12-8(6-1-2-9-3-6)11-7-4-10-13-5-7/h1-5,9H,(H,11,12). The van der Waals surface area contributed by atoms with Crippen LogP contribution in [0, 0.1) is 0 Å². The van der Waals surface area contributed by atoms with Crippen LogP contribution in [0.3, 0.4) is 0 Å². The van der Waals surface area contributed by atoms with Gasteiger partial charge in [-0.3, -0.25) is 4.79 Å². The molecule has 0 aromatic carbocycles. The van der Waals surface area contributed by atoms with Gasteiger partial charge < -0.3 is 14.8 Å². The van der Waals surface area contributed by atoms with Crippen LogP contribution >= 0.6 is 0 Å². The molecule has 0 saturated carbocycles. The zero-order valence-electron chi connectivity index (χ0n) is 6.65. The highest BCUT2D eigenvalue weighted by molar-refractivity contribution is 6.03. The Kier molecular flexibility index (Phi) is 1.84. The number of aromatic amines is 1. The number of nitrogens with one attached hydrogen (secondary N) is 2. The normalized spacial score (nSPS) is 9.85. The van der Waals surface area contributed by atoms with Gasteiger partial charge >= 0.3 is 0 Å². The number of carbonyl (C=O) groups excluding carboxylic acids is 1. The van der Waals surface area contributed by atoms with Crippen LogP contribution in [-0.2, 0) is 0 Å². The van der Waals surface area contributed by atoms with Crippen molar-refractivity contribution in [2.75, 3.05) is 5.32 Å². The van der Waals surface area contributed by atoms with Gasteiger partial charge in [-0.15, -0.1) is 0 Å². The third-order valence-electron chi connectivity index (χ3n) is 1.55. The SMILES string of the molecule is O=C(Nc1cnoc1)c1cc[nH]c1. The second-order valence-electron chi connectivity index (χ2n) is 2.47. The van der Waals surface area contributed by atoms with Gasteiger partial charge in [-0.05, 0) is 6.07 Å². The summed E-state index contributed by atoms with van der Waals surface area (Å²) in [7, 11) is 0. The number of hydrogen-bond acceptors (Lipinski definition) is 3. The van der Waals surface area contributed by atoms with Crippen molar-refractivity contribution in [3.05, 3.63) is 36.5 Å². The van der Waals surface area contributed by atoms with E-state index in [2.05, 4.69) is 20.0 Å². The first kappa shape index (κ1) is 7.60. The highest BCUT2D eigenvalue weighted by Crippen LogP contribution is 2.06. The molecule has 5 heteroatoms. The molecule has 0 aliphatic carbocycles. The summed E-state index contributed by atoms with van der Waals surface area (Å²) < 4.78 is 4.56. The monoisotopic (exact) mass is 177 g/mol. The van der Waals surface area contributed by atoms with E-state index in [0.29, 0.717) is 11.3 Å². The lowest BCUT2D eigenvalue weighted by Gasteiger charge is -1.96. The van der Waals surface area contributed by atoms with Gasteiger partial charge in [0.05, 0.1) is 11.8 Å². The molecule has 0 radical (unpaired) electrons. The molecule has 0 aliphatic heterocycles. The largest absolute Gasteiger partial charge is 0.367 e. The predicted octanol–water partition coefficient (Wildman–Crippen LogP) is 1.25. The van der Waals surface area contributed by atoms with E-state index >= 15 is 0 Å². The van der Waals surface area contributed by atoms with Crippen LogP contribution in [0.15, 0.2) is 35.4 Å². The summed E-state index contributed by atoms with van der Waals surface area (Å²) in [6, 6.07) is 1.68. The first-order chi connectivity index (χ1) is 6.36. The number of anilines is 1. The Morgan fingerprint density at radius 2 is 2.54 bits per heavy atom. The van der Waals surface area contributed by atoms with Crippen LogP contribution < -0.4 is 5.32 Å². The fourth-order valence-electron chi connectivity index (χ4n) is 0.935. The summed E-state index contributed by atoms with van der Waals surface area (Å²) in [4.78, 5) is 14.2. The average Bonchev–Trinajstić information content (AvgIpc) is 2.74. The van der Waals surface area contributed by atoms with E-state index in [-0.39, 0.29) is 5.91 Å². The van der Waals surface area contributed by atoms with Crippen molar-refractivity contribution in [3.8, 4) is 0 Å². The average molecular weight is 177 g/mol. The lowest BCUT2D eigenvalue weighted by Crippen LogP contribution is -2.09. The first-order valence-electron chi connectivity index (χ1n) is 3.70. The Morgan fingerprint density at radius 1 is 1.62 bits per heavy atom. The molecule has 1 amide bonds. The van der Waals surface area contributed by atoms with E-state index < -0.39 is 0 Å². The lowest BCUT2D eigenvalue weighted by molar-refractivity contribution is 0.102. The molecule has 66 valence electrons. The van der Waals surface area contributed by atoms with Crippen LogP contribution in [0.5, 0.6) is 0 Å².